The van der Waals surface area contributed by atoms with Crippen molar-refractivity contribution in [1.29, 1.82) is 0 Å². The van der Waals surface area contributed by atoms with Crippen LogP contribution < -0.4 is 5.32 Å². The van der Waals surface area contributed by atoms with Crippen molar-refractivity contribution in [2.75, 3.05) is 7.05 Å². The van der Waals surface area contributed by atoms with E-state index >= 15 is 0 Å². The van der Waals surface area contributed by atoms with Gasteiger partial charge in [0.2, 0.25) is 0 Å². The maximum atomic E-state index is 13.1. The van der Waals surface area contributed by atoms with Crippen LogP contribution in [0, 0.1) is 0 Å². The lowest BCUT2D eigenvalue weighted by Crippen LogP contribution is -2.02. The van der Waals surface area contributed by atoms with Gasteiger partial charge in [0, 0.05) is 25.2 Å². The second-order valence-electron chi connectivity index (χ2n) is 3.37. The number of rotatable bonds is 7. The zero-order chi connectivity index (χ0) is 13.8. The third kappa shape index (κ3) is 8.05. The van der Waals surface area contributed by atoms with Gasteiger partial charge in [-0.05, 0) is 30.7 Å². The predicted octanol–water partition coefficient (Wildman–Crippen LogP) is 3.85. The van der Waals surface area contributed by atoms with Crippen LogP contribution in [0.2, 0.25) is 0 Å². The van der Waals surface area contributed by atoms with Gasteiger partial charge >= 0.3 is 0 Å². The van der Waals surface area contributed by atoms with Gasteiger partial charge in [0.05, 0.1) is 0 Å². The van der Waals surface area contributed by atoms with Crippen LogP contribution in [0.1, 0.15) is 6.92 Å². The molecule has 96 valence electrons. The fraction of sp³-hybridized carbons (Fsp3) is 0.133. The average Bonchev–Trinajstić information content (AvgIpc) is 2.33. The second-order valence-corrected chi connectivity index (χ2v) is 3.37. The maximum absolute atomic E-state index is 13.1. The number of hydrogen-bond donors (Lipinski definition) is 1. The molecule has 0 radical (unpaired) electrons. The van der Waals surface area contributed by atoms with Crippen molar-refractivity contribution in [3.8, 4) is 0 Å². The van der Waals surface area contributed by atoms with Gasteiger partial charge in [-0.3, -0.25) is 4.99 Å². The van der Waals surface area contributed by atoms with E-state index in [1.807, 2.05) is 6.08 Å². The van der Waals surface area contributed by atoms with E-state index in [4.69, 9.17) is 0 Å². The molecular formula is C15H19FN2. The zero-order valence-electron chi connectivity index (χ0n) is 10.9. The molecule has 0 spiro atoms. The molecule has 0 aromatic heterocycles. The summed E-state index contributed by atoms with van der Waals surface area (Å²) in [4.78, 5) is 3.83. The van der Waals surface area contributed by atoms with Gasteiger partial charge in [-0.15, -0.1) is 0 Å². The molecule has 0 aromatic carbocycles. The van der Waals surface area contributed by atoms with E-state index in [1.54, 1.807) is 38.5 Å². The van der Waals surface area contributed by atoms with Crippen molar-refractivity contribution in [1.82, 2.24) is 5.32 Å². The van der Waals surface area contributed by atoms with Crippen LogP contribution in [-0.4, -0.2) is 13.3 Å². The Morgan fingerprint density at radius 1 is 1.33 bits per heavy atom. The number of halogens is 1. The van der Waals surface area contributed by atoms with Crippen molar-refractivity contribution in [3.63, 3.8) is 0 Å². The quantitative estimate of drug-likeness (QED) is 0.535. The van der Waals surface area contributed by atoms with Crippen molar-refractivity contribution in [3.05, 3.63) is 72.9 Å². The summed E-state index contributed by atoms with van der Waals surface area (Å²) in [6, 6.07) is 0. The van der Waals surface area contributed by atoms with Gasteiger partial charge in [0.25, 0.3) is 0 Å². The molecule has 2 nitrogen and oxygen atoms in total. The van der Waals surface area contributed by atoms with Crippen LogP contribution in [0.15, 0.2) is 77.9 Å². The maximum Gasteiger partial charge on any atom is 0.124 e. The van der Waals surface area contributed by atoms with E-state index < -0.39 is 0 Å². The topological polar surface area (TPSA) is 24.4 Å². The highest BCUT2D eigenvalue weighted by Gasteiger charge is 1.90. The monoisotopic (exact) mass is 246 g/mol. The Kier molecular flexibility index (Phi) is 8.82. The Labute approximate surface area is 108 Å². The van der Waals surface area contributed by atoms with Gasteiger partial charge in [-0.25, -0.2) is 4.39 Å². The molecule has 0 rings (SSSR count). The molecule has 0 aromatic rings. The molecule has 18 heavy (non-hydrogen) atoms. The fourth-order valence-electron chi connectivity index (χ4n) is 1.02. The van der Waals surface area contributed by atoms with Crippen molar-refractivity contribution >= 4 is 6.21 Å². The molecule has 0 fully saturated rings. The first-order valence-electron chi connectivity index (χ1n) is 5.48. The van der Waals surface area contributed by atoms with Crippen LogP contribution in [-0.2, 0) is 0 Å². The summed E-state index contributed by atoms with van der Waals surface area (Å²) in [5.41, 5.74) is 1.55. The van der Waals surface area contributed by atoms with Gasteiger partial charge in [0.1, 0.15) is 5.83 Å². The normalized spacial score (nSPS) is 14.3. The molecule has 0 atom stereocenters. The predicted molar refractivity (Wildman–Crippen MR) is 78.1 cm³/mol. The van der Waals surface area contributed by atoms with E-state index in [9.17, 15) is 4.39 Å². The Morgan fingerprint density at radius 3 is 2.61 bits per heavy atom. The van der Waals surface area contributed by atoms with E-state index in [0.29, 0.717) is 5.70 Å². The lowest BCUT2D eigenvalue weighted by Gasteiger charge is -2.01. The molecule has 0 aliphatic rings. The number of nitrogens with zero attached hydrogens (tertiary/aromatic N) is 1. The summed E-state index contributed by atoms with van der Waals surface area (Å²) in [6.45, 7) is 8.88. The number of aliphatic imine (C=N–C) groups is 1. The summed E-state index contributed by atoms with van der Waals surface area (Å²) in [7, 11) is 1.70. The third-order valence-corrected chi connectivity index (χ3v) is 1.86. The summed E-state index contributed by atoms with van der Waals surface area (Å²) >= 11 is 0. The highest BCUT2D eigenvalue weighted by atomic mass is 19.1. The molecule has 0 aliphatic heterocycles. The lowest BCUT2D eigenvalue weighted by atomic mass is 10.2. The number of nitrogens with one attached hydrogen (secondary N) is 1. The van der Waals surface area contributed by atoms with E-state index in [-0.39, 0.29) is 5.83 Å². The minimum atomic E-state index is -0.350. The number of allylic oxidation sites excluding steroid dienone is 9. The van der Waals surface area contributed by atoms with Gasteiger partial charge < -0.3 is 5.32 Å². The number of hydrogen-bond acceptors (Lipinski definition) is 2. The lowest BCUT2D eigenvalue weighted by molar-refractivity contribution is 0.664. The summed E-state index contributed by atoms with van der Waals surface area (Å²) < 4.78 is 13.1. The molecule has 0 heterocycles. The largest absolute Gasteiger partial charge is 0.365 e. The molecule has 1 N–H and O–H groups in total. The van der Waals surface area contributed by atoms with Crippen LogP contribution in [0.5, 0.6) is 0 Å². The molecule has 0 unspecified atom stereocenters. The van der Waals surface area contributed by atoms with Crippen molar-refractivity contribution in [2.24, 2.45) is 4.99 Å². The van der Waals surface area contributed by atoms with Crippen LogP contribution in [0.3, 0.4) is 0 Å². The second kappa shape index (κ2) is 10.0. The molecule has 3 heteroatoms. The van der Waals surface area contributed by atoms with Gasteiger partial charge in [-0.1, -0.05) is 31.4 Å². The molecular weight excluding hydrogens is 227 g/mol. The molecule has 0 saturated carbocycles. The van der Waals surface area contributed by atoms with Gasteiger partial charge in [-0.2, -0.15) is 0 Å². The highest BCUT2D eigenvalue weighted by molar-refractivity contribution is 5.71. The van der Waals surface area contributed by atoms with Crippen LogP contribution in [0.25, 0.3) is 0 Å². The Bertz CT molecular complexity index is 424. The Morgan fingerprint density at radius 2 is 2.06 bits per heavy atom. The van der Waals surface area contributed by atoms with Crippen LogP contribution in [0.4, 0.5) is 4.39 Å². The minimum absolute atomic E-state index is 0.350. The standard InChI is InChI=1S/C15H19FN2/c1-5-8-15(16)11-13(3)18-12-14(6-2)9-7-10-17-4/h5-12,18H,1-2H2,3-4H3/b9-7-,13-11+,14-12+,15-8+,17-10-. The van der Waals surface area contributed by atoms with E-state index in [0.717, 1.165) is 5.57 Å². The first-order chi connectivity index (χ1) is 8.63. The summed E-state index contributed by atoms with van der Waals surface area (Å²) in [5.74, 6) is -0.350. The average molecular weight is 246 g/mol. The summed E-state index contributed by atoms with van der Waals surface area (Å²) in [5, 5.41) is 2.97. The summed E-state index contributed by atoms with van der Waals surface area (Å²) in [6.07, 6.45) is 12.8. The van der Waals surface area contributed by atoms with Crippen molar-refractivity contribution < 1.29 is 4.39 Å². The van der Waals surface area contributed by atoms with Gasteiger partial charge in [0.15, 0.2) is 0 Å². The Balaban J connectivity index is 4.63. The highest BCUT2D eigenvalue weighted by Crippen LogP contribution is 2.03. The van der Waals surface area contributed by atoms with E-state index in [2.05, 4.69) is 23.5 Å². The first-order valence-corrected chi connectivity index (χ1v) is 5.48. The fourth-order valence-corrected chi connectivity index (χ4v) is 1.02. The third-order valence-electron chi connectivity index (χ3n) is 1.86. The first kappa shape index (κ1) is 15.8. The molecule has 0 amide bonds. The molecule has 0 bridgehead atoms. The zero-order valence-corrected chi connectivity index (χ0v) is 10.9. The Hall–Kier alpha value is -2.16. The molecule has 0 saturated heterocycles. The van der Waals surface area contributed by atoms with Crippen LogP contribution >= 0.6 is 0 Å². The SMILES string of the molecule is C=C/C=C(F)\C=C(/C)N/C=C(C=C)/C=C\C=N/C. The van der Waals surface area contributed by atoms with Crippen molar-refractivity contribution in [2.45, 2.75) is 6.92 Å². The smallest absolute Gasteiger partial charge is 0.124 e. The molecule has 0 aliphatic carbocycles. The minimum Gasteiger partial charge on any atom is -0.365 e. The van der Waals surface area contributed by atoms with E-state index in [1.165, 1.54) is 18.2 Å².